The van der Waals surface area contributed by atoms with E-state index in [4.69, 9.17) is 115 Å². The first-order valence-corrected chi connectivity index (χ1v) is 23.3. The summed E-state index contributed by atoms with van der Waals surface area (Å²) >= 11 is 0. The molecule has 0 atom stereocenters. The van der Waals surface area contributed by atoms with Crippen molar-refractivity contribution in [3.8, 4) is 0 Å². The van der Waals surface area contributed by atoms with Crippen LogP contribution in [-0.4, -0.2) is 150 Å². The zero-order valence-electron chi connectivity index (χ0n) is 44.9. The van der Waals surface area contributed by atoms with Gasteiger partial charge in [0.25, 0.3) is 47.6 Å². The normalized spacial score (nSPS) is 10.8. The molecule has 0 amide bonds. The predicted molar refractivity (Wildman–Crippen MR) is 321 cm³/mol. The molecule has 10 heterocycles. The highest BCUT2D eigenvalue weighted by Gasteiger charge is 2.49. The zero-order valence-corrected chi connectivity index (χ0v) is 45.8. The van der Waals surface area contributed by atoms with Gasteiger partial charge < -0.3 is 115 Å². The molecule has 42 N–H and O–H groups in total. The second-order valence-corrected chi connectivity index (χ2v) is 16.1. The third kappa shape index (κ3) is 13.1. The van der Waals surface area contributed by atoms with E-state index in [1.807, 2.05) is 0 Å². The molecule has 0 bridgehead atoms. The summed E-state index contributed by atoms with van der Waals surface area (Å²) in [6, 6.07) is 0. The van der Waals surface area contributed by atoms with Crippen LogP contribution in [0.3, 0.4) is 0 Å². The average Bonchev–Trinajstić information content (AvgIpc) is 0.736. The van der Waals surface area contributed by atoms with Crippen molar-refractivity contribution in [2.24, 2.45) is 0 Å². The lowest BCUT2D eigenvalue weighted by Crippen LogP contribution is -2.75. The van der Waals surface area contributed by atoms with Gasteiger partial charge in [-0.05, 0) is 0 Å². The lowest BCUT2D eigenvalue weighted by Gasteiger charge is -2.51. The van der Waals surface area contributed by atoms with Crippen LogP contribution in [0.4, 0.5) is 178 Å². The monoisotopic (exact) mass is 1280 g/mol. The minimum Gasteiger partial charge on any atom is -0.368 e. The van der Waals surface area contributed by atoms with Crippen LogP contribution in [0.2, 0.25) is 0 Å². The minimum atomic E-state index is -0.987. The van der Waals surface area contributed by atoms with Crippen molar-refractivity contribution >= 4 is 191 Å². The Kier molecular flexibility index (Phi) is 15.5. The molecule has 60 nitrogen and oxygen atoms in total. The Labute approximate surface area is 505 Å². The smallest absolute Gasteiger partial charge is 0.275 e. The topological polar surface area (TPSA) is 957 Å². The number of nitrogens with one attached hydrogen (secondary N) is 2. The molecule has 470 valence electrons. The molecule has 0 aliphatic rings. The van der Waals surface area contributed by atoms with E-state index in [2.05, 4.69) is 160 Å². The molecular weight excluding hydrogens is 1240 g/mol. The minimum absolute atomic E-state index is 0. The molecule has 91 heavy (non-hydrogen) atoms. The Morgan fingerprint density at radius 2 is 0.275 bits per heavy atom. The van der Waals surface area contributed by atoms with Crippen molar-refractivity contribution in [1.82, 2.24) is 150 Å². The van der Waals surface area contributed by atoms with Crippen molar-refractivity contribution in [3.63, 3.8) is 0 Å². The Balaban J connectivity index is 0.00000980. The quantitative estimate of drug-likeness (QED) is 0.0334. The number of anilines is 30. The molecule has 10 aromatic heterocycles. The van der Waals surface area contributed by atoms with Crippen LogP contribution in [0.5, 0.6) is 0 Å². The molecule has 0 unspecified atom stereocenters. The van der Waals surface area contributed by atoms with Gasteiger partial charge in [-0.2, -0.15) is 150 Å². The largest absolute Gasteiger partial charge is 0.368 e. The van der Waals surface area contributed by atoms with E-state index >= 15 is 0 Å². The van der Waals surface area contributed by atoms with Crippen molar-refractivity contribution in [1.29, 1.82) is 0 Å². The van der Waals surface area contributed by atoms with Crippen LogP contribution in [0.15, 0.2) is 0 Å². The molecule has 0 aliphatic carbocycles. The molecule has 0 saturated heterocycles. The summed E-state index contributed by atoms with van der Waals surface area (Å²) in [6.45, 7) is 0. The van der Waals surface area contributed by atoms with Gasteiger partial charge in [0.1, 0.15) is 0 Å². The summed E-state index contributed by atoms with van der Waals surface area (Å²) < 4.78 is 0. The number of nitrogen functional groups attached to an aromatic ring is 20. The number of hydrogen-bond donors (Lipinski definition) is 22. The number of nitrogens with two attached hydrogens (primary N) is 20. The highest BCUT2D eigenvalue weighted by molar-refractivity contribution is 5.85. The molecule has 61 heteroatoms. The predicted octanol–water partition coefficient (Wildman–Crippen LogP) is -11.6. The molecule has 0 aliphatic heterocycles. The van der Waals surface area contributed by atoms with E-state index in [0.717, 1.165) is 0 Å². The number of halogens is 1. The third-order valence-electron chi connectivity index (χ3n) is 9.75. The van der Waals surface area contributed by atoms with Crippen LogP contribution in [0.1, 0.15) is 0 Å². The molecule has 10 rings (SSSR count). The summed E-state index contributed by atoms with van der Waals surface area (Å²) in [5.41, 5.74) is 132. The van der Waals surface area contributed by atoms with Gasteiger partial charge in [-0.1, -0.05) is 0 Å². The molecule has 0 saturated carbocycles. The first-order valence-electron chi connectivity index (χ1n) is 23.3. The molecule has 0 spiro atoms. The van der Waals surface area contributed by atoms with Crippen LogP contribution in [0, 0.1) is 0 Å². The fourth-order valence-electron chi connectivity index (χ4n) is 6.89. The van der Waals surface area contributed by atoms with Crippen molar-refractivity contribution in [2.45, 2.75) is 0 Å². The van der Waals surface area contributed by atoms with Crippen LogP contribution >= 0.6 is 12.4 Å². The Hall–Kier alpha value is -15.6. The summed E-state index contributed by atoms with van der Waals surface area (Å²) in [7, 11) is 0. The van der Waals surface area contributed by atoms with Gasteiger partial charge in [0.05, 0.1) is 0 Å². The maximum absolute atomic E-state index is 6.47. The lowest BCUT2D eigenvalue weighted by atomic mass is 10.7. The number of hydrazine groups is 9. The average molecular weight is 1280 g/mol. The van der Waals surface area contributed by atoms with E-state index in [1.165, 1.54) is 0 Å². The first kappa shape index (κ1) is 60.0. The molecule has 0 fully saturated rings. The zero-order chi connectivity index (χ0) is 64.6. The number of aromatic nitrogens is 30. The van der Waals surface area contributed by atoms with Gasteiger partial charge in [0.2, 0.25) is 131 Å². The van der Waals surface area contributed by atoms with Crippen LogP contribution < -0.4 is 166 Å². The van der Waals surface area contributed by atoms with E-state index in [9.17, 15) is 0 Å². The van der Waals surface area contributed by atoms with Crippen LogP contribution in [-0.2, 0) is 0 Å². The fourth-order valence-corrected chi connectivity index (χ4v) is 6.89. The lowest BCUT2D eigenvalue weighted by molar-refractivity contribution is 0.520. The summed E-state index contributed by atoms with van der Waals surface area (Å²) in [6.07, 6.45) is 0. The first-order chi connectivity index (χ1) is 42.7. The SMILES string of the molecule is Cl.Nc1nc(N)nc(NN(c2nc(N)nc(N)n2)N(c2nc(N)nc(N)n2)N(c2nc(N)nc(N)n2)N(c2nc(N)nc(N)n2)N(c2nc(N)nc(N)n2)N(c2nc(N)nc(N)n2)N(c2nc(N)nc(N)n2)N(Nc2nc(N)nc(N)n2)c2nc(N)nc(N)n2)n1. The van der Waals surface area contributed by atoms with Gasteiger partial charge in [0.15, 0.2) is 0 Å². The van der Waals surface area contributed by atoms with E-state index in [1.54, 1.807) is 0 Å². The van der Waals surface area contributed by atoms with Gasteiger partial charge in [-0.3, -0.25) is 0 Å². The maximum Gasteiger partial charge on any atom is 0.275 e. The van der Waals surface area contributed by atoms with E-state index < -0.39 is 178 Å². The Morgan fingerprint density at radius 1 is 0.154 bits per heavy atom. The van der Waals surface area contributed by atoms with Gasteiger partial charge in [0, 0.05) is 0 Å². The fraction of sp³-hybridized carbons (Fsp3) is 0. The second kappa shape index (κ2) is 23.6. The van der Waals surface area contributed by atoms with Crippen molar-refractivity contribution in [2.75, 3.05) is 166 Å². The third-order valence-corrected chi connectivity index (χ3v) is 9.75. The number of hydrogen-bond acceptors (Lipinski definition) is 60. The van der Waals surface area contributed by atoms with E-state index in [0.29, 0.717) is 40.9 Å². The van der Waals surface area contributed by atoms with Crippen molar-refractivity contribution in [3.05, 3.63) is 0 Å². The molecule has 10 aromatic rings. The Morgan fingerprint density at radius 3 is 0.440 bits per heavy atom. The highest BCUT2D eigenvalue weighted by atomic mass is 35.5. The van der Waals surface area contributed by atoms with Gasteiger partial charge in [-0.25, -0.2) is 10.9 Å². The molecular formula is C30H43ClN60. The summed E-state index contributed by atoms with van der Waals surface area (Å²) in [4.78, 5) is 126. The van der Waals surface area contributed by atoms with Crippen molar-refractivity contribution < 1.29 is 0 Å². The second-order valence-electron chi connectivity index (χ2n) is 16.1. The maximum atomic E-state index is 6.47. The van der Waals surface area contributed by atoms with Gasteiger partial charge in [-0.15, -0.1) is 53.4 Å². The summed E-state index contributed by atoms with van der Waals surface area (Å²) in [5, 5.41) is 4.66. The molecule has 0 radical (unpaired) electrons. The van der Waals surface area contributed by atoms with Crippen LogP contribution in [0.25, 0.3) is 0 Å². The Bertz CT molecular complexity index is 3860. The number of rotatable bonds is 19. The highest BCUT2D eigenvalue weighted by Crippen LogP contribution is 2.36. The van der Waals surface area contributed by atoms with Gasteiger partial charge >= 0.3 is 0 Å². The molecule has 0 aromatic carbocycles. The standard InChI is InChI=1S/C30H42N60.ClH/c31-1-51-2(32)62-21(61-1)81-83(23-65-5(35)53-6(36)66-23)85(25-69-9(39)55-10(40)70-25)87(27-73-13(43)57-14(44)74-27)89(29-77-17(47)59-18(48)78-29)90(30-79-19(49)60-20(50)80-30)88(28-75-15(45)58-16(46)76-28)86(26-71-11(41)56-12(42)72-26)84(24-67-7(37)54-8(38)68-24)82-22-63-3(33)52-4(34)64-22;/h(H4,35,36,53,65,66)(H4,37,38,54,67,68)(H4,39,40,55,69,70)(H4,41,42,56,71,72)(H4,43,44,57,73,74)(H4,45,46,58,75,76)(H4,47,48,59,77,78)(H4,49,50,60,79,80)(H5,31,32,51,61,62,81)(H5,33,34,52,63,64,82);1H. The number of nitrogens with zero attached hydrogens (tertiary/aromatic N) is 38. The van der Waals surface area contributed by atoms with E-state index in [-0.39, 0.29) is 12.4 Å². The summed E-state index contributed by atoms with van der Waals surface area (Å²) in [5.74, 6) is -21.5.